The van der Waals surface area contributed by atoms with Crippen LogP contribution in [0.2, 0.25) is 5.02 Å². The lowest BCUT2D eigenvalue weighted by Crippen LogP contribution is -2.29. The molecule has 0 radical (unpaired) electrons. The summed E-state index contributed by atoms with van der Waals surface area (Å²) in [5.41, 5.74) is 0. The van der Waals surface area contributed by atoms with E-state index in [1.54, 1.807) is 6.07 Å². The van der Waals surface area contributed by atoms with E-state index in [0.717, 1.165) is 4.47 Å². The van der Waals surface area contributed by atoms with Gasteiger partial charge in [-0.25, -0.2) is 0 Å². The Balaban J connectivity index is 2.52. The van der Waals surface area contributed by atoms with Crippen LogP contribution in [0.5, 0.6) is 5.75 Å². The molecule has 1 rings (SSSR count). The molecule has 2 nitrogen and oxygen atoms in total. The van der Waals surface area contributed by atoms with Gasteiger partial charge in [0.15, 0.2) is 0 Å². The van der Waals surface area contributed by atoms with E-state index < -0.39 is 0 Å². The first kappa shape index (κ1) is 13.4. The first-order valence-electron chi connectivity index (χ1n) is 4.89. The average molecular weight is 303 g/mol. The van der Waals surface area contributed by atoms with Gasteiger partial charge in [-0.2, -0.15) is 0 Å². The maximum Gasteiger partial charge on any atom is 0.139 e. The molecule has 0 saturated heterocycles. The maximum absolute atomic E-state index is 6.00. The molecule has 0 aromatic heterocycles. The molecule has 1 atom stereocenters. The van der Waals surface area contributed by atoms with E-state index in [9.17, 15) is 0 Å². The van der Waals surface area contributed by atoms with E-state index in [1.807, 2.05) is 19.1 Å². The fourth-order valence-corrected chi connectivity index (χ4v) is 1.68. The lowest BCUT2D eigenvalue weighted by Gasteiger charge is -2.15. The third kappa shape index (κ3) is 4.44. The molecule has 0 bridgehead atoms. The van der Waals surface area contributed by atoms with Crippen LogP contribution in [-0.4, -0.2) is 19.2 Å². The summed E-state index contributed by atoms with van der Waals surface area (Å²) in [6, 6.07) is 5.51. The highest BCUT2D eigenvalue weighted by molar-refractivity contribution is 9.10. The van der Waals surface area contributed by atoms with Crippen LogP contribution in [0.4, 0.5) is 0 Å². The van der Waals surface area contributed by atoms with Gasteiger partial charge < -0.3 is 10.1 Å². The fourth-order valence-electron chi connectivity index (χ4n) is 1.17. The third-order valence-corrected chi connectivity index (χ3v) is 2.69. The van der Waals surface area contributed by atoms with Crippen molar-refractivity contribution in [1.29, 1.82) is 0 Å². The maximum atomic E-state index is 6.00. The Kier molecular flexibility index (Phi) is 5.68. The van der Waals surface area contributed by atoms with Crippen molar-refractivity contribution in [3.05, 3.63) is 27.7 Å². The number of ether oxygens (including phenoxy) is 1. The number of halogens is 2. The van der Waals surface area contributed by atoms with Crippen molar-refractivity contribution in [2.24, 2.45) is 0 Å². The largest absolute Gasteiger partial charge is 0.488 e. The van der Waals surface area contributed by atoms with E-state index in [2.05, 4.69) is 27.2 Å². The van der Waals surface area contributed by atoms with Gasteiger partial charge in [-0.1, -0.05) is 33.5 Å². The molecule has 16 heavy (non-hydrogen) atoms. The Bertz CT molecular complexity index is 389. The highest BCUT2D eigenvalue weighted by Crippen LogP contribution is 2.28. The van der Waals surface area contributed by atoms with E-state index in [1.165, 1.54) is 0 Å². The van der Waals surface area contributed by atoms with Gasteiger partial charge in [-0.05, 0) is 25.1 Å². The van der Waals surface area contributed by atoms with Crippen molar-refractivity contribution >= 4 is 27.5 Å². The number of terminal acetylenes is 1. The van der Waals surface area contributed by atoms with Crippen molar-refractivity contribution in [2.75, 3.05) is 13.1 Å². The summed E-state index contributed by atoms with van der Waals surface area (Å²) in [7, 11) is 0. The van der Waals surface area contributed by atoms with Crippen LogP contribution in [-0.2, 0) is 0 Å². The summed E-state index contributed by atoms with van der Waals surface area (Å²) in [5.74, 6) is 3.18. The van der Waals surface area contributed by atoms with Crippen LogP contribution in [0.1, 0.15) is 6.92 Å². The summed E-state index contributed by atoms with van der Waals surface area (Å²) in [6.07, 6.45) is 5.14. The van der Waals surface area contributed by atoms with Gasteiger partial charge in [-0.15, -0.1) is 6.42 Å². The monoisotopic (exact) mass is 301 g/mol. The van der Waals surface area contributed by atoms with Gasteiger partial charge in [-0.3, -0.25) is 0 Å². The predicted molar refractivity (Wildman–Crippen MR) is 70.9 cm³/mol. The Morgan fingerprint density at radius 2 is 2.38 bits per heavy atom. The van der Waals surface area contributed by atoms with Crippen LogP contribution in [0.25, 0.3) is 0 Å². The number of nitrogens with one attached hydrogen (secondary N) is 1. The normalized spacial score (nSPS) is 11.9. The molecule has 0 aliphatic rings. The summed E-state index contributed by atoms with van der Waals surface area (Å²) in [4.78, 5) is 0. The molecular weight excluding hydrogens is 289 g/mol. The standard InChI is InChI=1S/C12H13BrClNO/c1-3-6-15-8-9(2)16-12-7-10(13)4-5-11(12)14/h1,4-5,7,9,15H,6,8H2,2H3. The molecule has 0 aliphatic carbocycles. The van der Waals surface area contributed by atoms with Gasteiger partial charge in [0.2, 0.25) is 0 Å². The number of hydrogen-bond acceptors (Lipinski definition) is 2. The minimum Gasteiger partial charge on any atom is -0.488 e. The second kappa shape index (κ2) is 6.80. The molecule has 0 fully saturated rings. The molecule has 0 saturated carbocycles. The zero-order valence-electron chi connectivity index (χ0n) is 8.97. The Labute approximate surface area is 109 Å². The van der Waals surface area contributed by atoms with E-state index in [0.29, 0.717) is 23.9 Å². The molecule has 1 aromatic rings. The highest BCUT2D eigenvalue weighted by Gasteiger charge is 2.07. The van der Waals surface area contributed by atoms with Crippen molar-refractivity contribution in [3.8, 4) is 18.1 Å². The first-order valence-corrected chi connectivity index (χ1v) is 6.06. The zero-order valence-corrected chi connectivity index (χ0v) is 11.3. The third-order valence-electron chi connectivity index (χ3n) is 1.88. The van der Waals surface area contributed by atoms with Gasteiger partial charge in [0.1, 0.15) is 11.9 Å². The van der Waals surface area contributed by atoms with Gasteiger partial charge >= 0.3 is 0 Å². The topological polar surface area (TPSA) is 21.3 Å². The lowest BCUT2D eigenvalue weighted by atomic mass is 10.3. The molecule has 1 unspecified atom stereocenters. The highest BCUT2D eigenvalue weighted by atomic mass is 79.9. The minimum atomic E-state index is 0.0140. The summed E-state index contributed by atoms with van der Waals surface area (Å²) in [5, 5.41) is 3.68. The van der Waals surface area contributed by atoms with Crippen LogP contribution in [0, 0.1) is 12.3 Å². The summed E-state index contributed by atoms with van der Waals surface area (Å²) in [6.45, 7) is 3.19. The SMILES string of the molecule is C#CCNCC(C)Oc1cc(Br)ccc1Cl. The second-order valence-corrected chi connectivity index (χ2v) is 4.66. The lowest BCUT2D eigenvalue weighted by molar-refractivity contribution is 0.219. The van der Waals surface area contributed by atoms with Gasteiger partial charge in [0, 0.05) is 11.0 Å². The van der Waals surface area contributed by atoms with Crippen molar-refractivity contribution in [2.45, 2.75) is 13.0 Å². The van der Waals surface area contributed by atoms with E-state index >= 15 is 0 Å². The fraction of sp³-hybridized carbons (Fsp3) is 0.333. The predicted octanol–water partition coefficient (Wildman–Crippen LogP) is 3.09. The summed E-state index contributed by atoms with van der Waals surface area (Å²) >= 11 is 9.37. The van der Waals surface area contributed by atoms with Crippen molar-refractivity contribution < 1.29 is 4.74 Å². The Morgan fingerprint density at radius 3 is 3.06 bits per heavy atom. The minimum absolute atomic E-state index is 0.0140. The first-order chi connectivity index (χ1) is 7.63. The molecule has 86 valence electrons. The Hall–Kier alpha value is -0.690. The molecular formula is C12H13BrClNO. The van der Waals surface area contributed by atoms with Crippen molar-refractivity contribution in [1.82, 2.24) is 5.32 Å². The molecule has 0 spiro atoms. The van der Waals surface area contributed by atoms with Gasteiger partial charge in [0.25, 0.3) is 0 Å². The average Bonchev–Trinajstić information content (AvgIpc) is 2.24. The van der Waals surface area contributed by atoms with E-state index in [-0.39, 0.29) is 6.10 Å². The van der Waals surface area contributed by atoms with Crippen LogP contribution in [0.15, 0.2) is 22.7 Å². The van der Waals surface area contributed by atoms with E-state index in [4.69, 9.17) is 22.8 Å². The smallest absolute Gasteiger partial charge is 0.139 e. The van der Waals surface area contributed by atoms with Crippen LogP contribution in [0.3, 0.4) is 0 Å². The molecule has 0 aliphatic heterocycles. The number of hydrogen-bond donors (Lipinski definition) is 1. The molecule has 1 N–H and O–H groups in total. The van der Waals surface area contributed by atoms with Crippen LogP contribution < -0.4 is 10.1 Å². The molecule has 1 aromatic carbocycles. The molecule has 0 heterocycles. The quantitative estimate of drug-likeness (QED) is 0.666. The second-order valence-electron chi connectivity index (χ2n) is 3.34. The molecule has 4 heteroatoms. The zero-order chi connectivity index (χ0) is 12.0. The van der Waals surface area contributed by atoms with Crippen LogP contribution >= 0.6 is 27.5 Å². The summed E-state index contributed by atoms with van der Waals surface area (Å²) < 4.78 is 6.62. The number of rotatable bonds is 5. The van der Waals surface area contributed by atoms with Gasteiger partial charge in [0.05, 0.1) is 11.6 Å². The number of benzene rings is 1. The van der Waals surface area contributed by atoms with Crippen molar-refractivity contribution in [3.63, 3.8) is 0 Å². The Morgan fingerprint density at radius 1 is 1.62 bits per heavy atom. The molecule has 0 amide bonds.